The van der Waals surface area contributed by atoms with Gasteiger partial charge >= 0.3 is 5.69 Å². The average Bonchev–Trinajstić information content (AvgIpc) is 3.48. The van der Waals surface area contributed by atoms with Crippen LogP contribution in [0, 0.1) is 5.82 Å². The van der Waals surface area contributed by atoms with E-state index >= 15 is 0 Å². The zero-order valence-electron chi connectivity index (χ0n) is 23.3. The number of anilines is 1. The molecule has 40 heavy (non-hydrogen) atoms. The molecule has 4 aromatic rings. The Morgan fingerprint density at radius 1 is 1.07 bits per heavy atom. The molecule has 0 atom stereocenters. The van der Waals surface area contributed by atoms with Crippen LogP contribution in [0.3, 0.4) is 0 Å². The van der Waals surface area contributed by atoms with Crippen LogP contribution >= 0.6 is 0 Å². The molecule has 0 unspecified atom stereocenters. The van der Waals surface area contributed by atoms with Crippen molar-refractivity contribution in [3.63, 3.8) is 0 Å². The fourth-order valence-corrected chi connectivity index (χ4v) is 6.07. The Morgan fingerprint density at radius 3 is 2.58 bits per heavy atom. The van der Waals surface area contributed by atoms with Crippen molar-refractivity contribution in [3.05, 3.63) is 40.8 Å². The number of nitrogens with zero attached hydrogens (tertiary/aromatic N) is 7. The van der Waals surface area contributed by atoms with Gasteiger partial charge in [0.05, 0.1) is 19.4 Å². The molecule has 0 aromatic carbocycles. The van der Waals surface area contributed by atoms with Gasteiger partial charge < -0.3 is 19.1 Å². The number of fused-ring (bicyclic) bond motifs is 2. The van der Waals surface area contributed by atoms with Crippen LogP contribution in [0.1, 0.15) is 18.9 Å². The average molecular weight is 570 g/mol. The Morgan fingerprint density at radius 2 is 1.82 bits per heavy atom. The molecule has 0 radical (unpaired) electrons. The topological polar surface area (TPSA) is 101 Å². The SMILES string of the molecule is C[Si](C)(C)CCOCn1c(=O)n(C2CCOCC2)c2nc(-c3cnc4ccc(F)cn34)nc(N3CCOCC3)c21. The Kier molecular flexibility index (Phi) is 7.46. The van der Waals surface area contributed by atoms with Crippen molar-refractivity contribution in [2.75, 3.05) is 51.0 Å². The van der Waals surface area contributed by atoms with Crippen LogP contribution in [0.5, 0.6) is 0 Å². The van der Waals surface area contributed by atoms with Gasteiger partial charge in [-0.2, -0.15) is 0 Å². The number of hydrogen-bond donors (Lipinski definition) is 0. The summed E-state index contributed by atoms with van der Waals surface area (Å²) in [5, 5.41) is 0. The molecule has 6 heterocycles. The van der Waals surface area contributed by atoms with Gasteiger partial charge in [-0.05, 0) is 31.0 Å². The second kappa shape index (κ2) is 11.0. The third kappa shape index (κ3) is 5.30. The zero-order valence-corrected chi connectivity index (χ0v) is 24.3. The van der Waals surface area contributed by atoms with Crippen molar-refractivity contribution < 1.29 is 18.6 Å². The van der Waals surface area contributed by atoms with Crippen molar-refractivity contribution in [2.45, 2.75) is 51.3 Å². The number of rotatable bonds is 8. The lowest BCUT2D eigenvalue weighted by Gasteiger charge is -2.29. The summed E-state index contributed by atoms with van der Waals surface area (Å²) in [7, 11) is -1.30. The lowest BCUT2D eigenvalue weighted by atomic mass is 10.1. The first kappa shape index (κ1) is 27.1. The lowest BCUT2D eigenvalue weighted by molar-refractivity contribution is 0.0669. The van der Waals surface area contributed by atoms with E-state index in [9.17, 15) is 9.18 Å². The van der Waals surface area contributed by atoms with Gasteiger partial charge in [0.15, 0.2) is 17.3 Å². The molecule has 2 aliphatic rings. The predicted molar refractivity (Wildman–Crippen MR) is 152 cm³/mol. The quantitative estimate of drug-likeness (QED) is 0.235. The van der Waals surface area contributed by atoms with Gasteiger partial charge in [-0.3, -0.25) is 13.5 Å². The maximum absolute atomic E-state index is 14.2. The summed E-state index contributed by atoms with van der Waals surface area (Å²) >= 11 is 0. The summed E-state index contributed by atoms with van der Waals surface area (Å²) < 4.78 is 36.7. The largest absolute Gasteiger partial charge is 0.381 e. The fourth-order valence-electron chi connectivity index (χ4n) is 5.31. The molecular weight excluding hydrogens is 533 g/mol. The normalized spacial score (nSPS) is 17.4. The zero-order chi connectivity index (χ0) is 27.9. The molecular formula is C27H36FN7O4Si. The predicted octanol–water partition coefficient (Wildman–Crippen LogP) is 3.55. The van der Waals surface area contributed by atoms with Gasteiger partial charge in [-0.15, -0.1) is 0 Å². The smallest absolute Gasteiger partial charge is 0.332 e. The molecule has 13 heteroatoms. The molecule has 0 saturated carbocycles. The van der Waals surface area contributed by atoms with E-state index in [-0.39, 0.29) is 24.3 Å². The summed E-state index contributed by atoms with van der Waals surface area (Å²) in [6, 6.07) is 3.93. The molecule has 2 saturated heterocycles. The molecule has 0 amide bonds. The third-order valence-corrected chi connectivity index (χ3v) is 9.27. The lowest BCUT2D eigenvalue weighted by Crippen LogP contribution is -2.37. The van der Waals surface area contributed by atoms with E-state index in [2.05, 4.69) is 29.5 Å². The van der Waals surface area contributed by atoms with Crippen LogP contribution < -0.4 is 10.6 Å². The van der Waals surface area contributed by atoms with Crippen molar-refractivity contribution in [2.24, 2.45) is 0 Å². The van der Waals surface area contributed by atoms with Crippen LogP contribution in [0.4, 0.5) is 10.2 Å². The van der Waals surface area contributed by atoms with E-state index in [0.29, 0.717) is 93.1 Å². The maximum atomic E-state index is 14.2. The summed E-state index contributed by atoms with van der Waals surface area (Å²) in [6.45, 7) is 11.1. The van der Waals surface area contributed by atoms with E-state index in [1.54, 1.807) is 25.8 Å². The van der Waals surface area contributed by atoms with Crippen molar-refractivity contribution in [3.8, 4) is 11.5 Å². The Labute approximate surface area is 232 Å². The standard InChI is InChI=1S/C27H36FN7O4Si/c1-40(2,3)15-14-39-18-34-23-25(32-8-12-38-13-9-32)30-24(21-16-29-22-5-4-19(28)17-33(21)22)31-26(23)35(27(34)36)20-6-10-37-11-7-20/h4-5,16-17,20H,6-15,18H2,1-3H3. The van der Waals surface area contributed by atoms with Crippen LogP contribution in [-0.4, -0.2) is 82.7 Å². The molecule has 2 fully saturated rings. The van der Waals surface area contributed by atoms with Gasteiger partial charge in [0, 0.05) is 53.2 Å². The van der Waals surface area contributed by atoms with Crippen molar-refractivity contribution in [1.82, 2.24) is 28.5 Å². The molecule has 4 aromatic heterocycles. The number of imidazole rings is 2. The molecule has 2 aliphatic heterocycles. The van der Waals surface area contributed by atoms with Gasteiger partial charge in [0.25, 0.3) is 0 Å². The van der Waals surface area contributed by atoms with Crippen LogP contribution in [0.2, 0.25) is 25.7 Å². The number of morpholine rings is 1. The van der Waals surface area contributed by atoms with E-state index in [1.165, 1.54) is 12.3 Å². The highest BCUT2D eigenvalue weighted by Crippen LogP contribution is 2.32. The minimum atomic E-state index is -1.30. The van der Waals surface area contributed by atoms with Gasteiger partial charge in [-0.25, -0.2) is 24.1 Å². The molecule has 0 N–H and O–H groups in total. The number of pyridine rings is 1. The summed E-state index contributed by atoms with van der Waals surface area (Å²) in [5.41, 5.74) is 2.16. The second-order valence-electron chi connectivity index (χ2n) is 11.6. The minimum Gasteiger partial charge on any atom is -0.381 e. The van der Waals surface area contributed by atoms with E-state index in [4.69, 9.17) is 24.2 Å². The minimum absolute atomic E-state index is 0.0631. The summed E-state index contributed by atoms with van der Waals surface area (Å²) in [4.78, 5) is 30.7. The molecule has 0 spiro atoms. The van der Waals surface area contributed by atoms with Crippen LogP contribution in [0.15, 0.2) is 29.3 Å². The van der Waals surface area contributed by atoms with Gasteiger partial charge in [0.2, 0.25) is 0 Å². The van der Waals surface area contributed by atoms with E-state index < -0.39 is 8.07 Å². The molecule has 0 aliphatic carbocycles. The number of aromatic nitrogens is 6. The van der Waals surface area contributed by atoms with Crippen LogP contribution in [-0.2, 0) is 20.9 Å². The Bertz CT molecular complexity index is 1570. The number of hydrogen-bond acceptors (Lipinski definition) is 8. The van der Waals surface area contributed by atoms with E-state index in [0.717, 1.165) is 6.04 Å². The number of halogens is 1. The molecule has 6 rings (SSSR count). The molecule has 0 bridgehead atoms. The highest BCUT2D eigenvalue weighted by atomic mass is 28.3. The first-order valence-electron chi connectivity index (χ1n) is 13.9. The highest BCUT2D eigenvalue weighted by Gasteiger charge is 2.30. The monoisotopic (exact) mass is 569 g/mol. The van der Waals surface area contributed by atoms with Crippen molar-refractivity contribution in [1.29, 1.82) is 0 Å². The third-order valence-electron chi connectivity index (χ3n) is 7.56. The maximum Gasteiger partial charge on any atom is 0.332 e. The summed E-state index contributed by atoms with van der Waals surface area (Å²) in [6.07, 6.45) is 4.44. The first-order chi connectivity index (χ1) is 19.3. The second-order valence-corrected chi connectivity index (χ2v) is 17.3. The van der Waals surface area contributed by atoms with Gasteiger partial charge in [-0.1, -0.05) is 19.6 Å². The van der Waals surface area contributed by atoms with Crippen molar-refractivity contribution >= 4 is 30.7 Å². The van der Waals surface area contributed by atoms with Gasteiger partial charge in [0.1, 0.15) is 29.4 Å². The molecule has 11 nitrogen and oxygen atoms in total. The molecule has 214 valence electrons. The van der Waals surface area contributed by atoms with E-state index in [1.807, 2.05) is 0 Å². The highest BCUT2D eigenvalue weighted by molar-refractivity contribution is 6.76. The summed E-state index contributed by atoms with van der Waals surface area (Å²) in [5.74, 6) is 0.637. The fraction of sp³-hybridized carbons (Fsp3) is 0.556. The number of ether oxygens (including phenoxy) is 3. The Hall–Kier alpha value is -3.13. The first-order valence-corrected chi connectivity index (χ1v) is 17.6. The Balaban J connectivity index is 1.54. The van der Waals surface area contributed by atoms with Crippen LogP contribution in [0.25, 0.3) is 28.3 Å².